The third-order valence-corrected chi connectivity index (χ3v) is 4.82. The molecule has 2 fully saturated rings. The maximum Gasteiger partial charge on any atom is 0.0726 e. The van der Waals surface area contributed by atoms with E-state index in [0.717, 1.165) is 39.1 Å². The molecule has 0 amide bonds. The highest BCUT2D eigenvalue weighted by molar-refractivity contribution is 4.75. The van der Waals surface area contributed by atoms with E-state index in [1.54, 1.807) is 0 Å². The van der Waals surface area contributed by atoms with E-state index in [9.17, 15) is 0 Å². The van der Waals surface area contributed by atoms with Crippen LogP contribution in [0, 0.1) is 5.92 Å². The Morgan fingerprint density at radius 1 is 0.850 bits per heavy atom. The van der Waals surface area contributed by atoms with Gasteiger partial charge in [-0.25, -0.2) is 0 Å². The van der Waals surface area contributed by atoms with E-state index >= 15 is 0 Å². The Kier molecular flexibility index (Phi) is 7.92. The van der Waals surface area contributed by atoms with Crippen molar-refractivity contribution < 1.29 is 9.47 Å². The first-order valence-electron chi connectivity index (χ1n) is 8.81. The van der Waals surface area contributed by atoms with Crippen molar-refractivity contribution in [1.29, 1.82) is 0 Å². The minimum atomic E-state index is 0.233. The second kappa shape index (κ2) is 9.75. The van der Waals surface area contributed by atoms with Crippen LogP contribution in [0.4, 0.5) is 0 Å². The summed E-state index contributed by atoms with van der Waals surface area (Å²) in [5.74, 6) is 0.601. The van der Waals surface area contributed by atoms with Gasteiger partial charge >= 0.3 is 0 Å². The van der Waals surface area contributed by atoms with Crippen molar-refractivity contribution in [2.24, 2.45) is 11.7 Å². The smallest absolute Gasteiger partial charge is 0.0726 e. The molecule has 2 N–H and O–H groups in total. The fourth-order valence-corrected chi connectivity index (χ4v) is 3.37. The molecule has 0 spiro atoms. The van der Waals surface area contributed by atoms with Crippen LogP contribution in [0.1, 0.15) is 70.6 Å². The monoisotopic (exact) mass is 283 g/mol. The number of rotatable bonds is 3. The van der Waals surface area contributed by atoms with Crippen LogP contribution >= 0.6 is 0 Å². The molecule has 0 aromatic rings. The van der Waals surface area contributed by atoms with E-state index in [1.165, 1.54) is 51.4 Å². The lowest BCUT2D eigenvalue weighted by Gasteiger charge is -2.26. The molecular formula is C17H33NO2. The van der Waals surface area contributed by atoms with Crippen molar-refractivity contribution in [2.45, 2.75) is 82.8 Å². The summed E-state index contributed by atoms with van der Waals surface area (Å²) in [7, 11) is 0. The van der Waals surface area contributed by atoms with Gasteiger partial charge in [0.25, 0.3) is 0 Å². The summed E-state index contributed by atoms with van der Waals surface area (Å²) in [6.45, 7) is 2.63. The molecule has 0 radical (unpaired) electrons. The molecule has 1 aliphatic carbocycles. The highest BCUT2D eigenvalue weighted by atomic mass is 16.5. The van der Waals surface area contributed by atoms with Gasteiger partial charge in [-0.3, -0.25) is 0 Å². The SMILES string of the molecule is NC1CCCCCCCCCCC1OCC1CCOC1. The van der Waals surface area contributed by atoms with Gasteiger partial charge in [-0.2, -0.15) is 0 Å². The zero-order chi connectivity index (χ0) is 14.0. The molecule has 0 aromatic carbocycles. The third-order valence-electron chi connectivity index (χ3n) is 4.82. The van der Waals surface area contributed by atoms with Gasteiger partial charge in [0.1, 0.15) is 0 Å². The molecule has 3 heteroatoms. The quantitative estimate of drug-likeness (QED) is 0.860. The normalized spacial score (nSPS) is 34.4. The van der Waals surface area contributed by atoms with Gasteiger partial charge in [-0.15, -0.1) is 0 Å². The second-order valence-corrected chi connectivity index (χ2v) is 6.67. The average molecular weight is 283 g/mol. The fraction of sp³-hybridized carbons (Fsp3) is 1.00. The molecule has 0 aromatic heterocycles. The molecule has 3 nitrogen and oxygen atoms in total. The molecule has 1 heterocycles. The summed E-state index contributed by atoms with van der Waals surface area (Å²) >= 11 is 0. The van der Waals surface area contributed by atoms with Crippen LogP contribution < -0.4 is 5.73 Å². The Morgan fingerprint density at radius 3 is 2.15 bits per heavy atom. The van der Waals surface area contributed by atoms with E-state index in [-0.39, 0.29) is 12.1 Å². The van der Waals surface area contributed by atoms with Gasteiger partial charge in [-0.1, -0.05) is 51.4 Å². The van der Waals surface area contributed by atoms with Crippen molar-refractivity contribution >= 4 is 0 Å². The third kappa shape index (κ3) is 6.11. The summed E-state index contributed by atoms with van der Waals surface area (Å²) in [6.07, 6.45) is 14.5. The van der Waals surface area contributed by atoms with Gasteiger partial charge in [0, 0.05) is 18.6 Å². The molecular weight excluding hydrogens is 250 g/mol. The largest absolute Gasteiger partial charge is 0.381 e. The Morgan fingerprint density at radius 2 is 1.50 bits per heavy atom. The van der Waals surface area contributed by atoms with E-state index in [1.807, 2.05) is 0 Å². The maximum absolute atomic E-state index is 6.39. The van der Waals surface area contributed by atoms with Crippen molar-refractivity contribution in [3.05, 3.63) is 0 Å². The predicted molar refractivity (Wildman–Crippen MR) is 82.8 cm³/mol. The lowest BCUT2D eigenvalue weighted by Crippen LogP contribution is -2.38. The molecule has 2 aliphatic rings. The Labute approximate surface area is 124 Å². The minimum Gasteiger partial charge on any atom is -0.381 e. The molecule has 3 atom stereocenters. The van der Waals surface area contributed by atoms with Gasteiger partial charge in [-0.05, 0) is 19.3 Å². The summed E-state index contributed by atoms with van der Waals surface area (Å²) in [5, 5.41) is 0. The number of hydrogen-bond acceptors (Lipinski definition) is 3. The Hall–Kier alpha value is -0.120. The first kappa shape index (κ1) is 16.3. The lowest BCUT2D eigenvalue weighted by molar-refractivity contribution is 0.00348. The van der Waals surface area contributed by atoms with Crippen molar-refractivity contribution in [2.75, 3.05) is 19.8 Å². The van der Waals surface area contributed by atoms with Crippen molar-refractivity contribution in [3.8, 4) is 0 Å². The van der Waals surface area contributed by atoms with Crippen LogP contribution in [-0.4, -0.2) is 32.0 Å². The fourth-order valence-electron chi connectivity index (χ4n) is 3.37. The van der Waals surface area contributed by atoms with Crippen molar-refractivity contribution in [3.63, 3.8) is 0 Å². The number of ether oxygens (including phenoxy) is 2. The van der Waals surface area contributed by atoms with Gasteiger partial charge in [0.2, 0.25) is 0 Å². The molecule has 1 aliphatic heterocycles. The highest BCUT2D eigenvalue weighted by Gasteiger charge is 2.22. The number of hydrogen-bond donors (Lipinski definition) is 1. The summed E-state index contributed by atoms with van der Waals surface area (Å²) in [5.41, 5.74) is 6.39. The highest BCUT2D eigenvalue weighted by Crippen LogP contribution is 2.20. The van der Waals surface area contributed by atoms with Crippen LogP contribution in [0.2, 0.25) is 0 Å². The molecule has 20 heavy (non-hydrogen) atoms. The topological polar surface area (TPSA) is 44.5 Å². The summed E-state index contributed by atoms with van der Waals surface area (Å²) in [6, 6.07) is 0.233. The van der Waals surface area contributed by atoms with Crippen LogP contribution in [-0.2, 0) is 9.47 Å². The maximum atomic E-state index is 6.39. The Bertz CT molecular complexity index is 241. The average Bonchev–Trinajstić information content (AvgIpc) is 2.95. The lowest BCUT2D eigenvalue weighted by atomic mass is 9.96. The first-order valence-corrected chi connectivity index (χ1v) is 8.81. The zero-order valence-corrected chi connectivity index (χ0v) is 13.0. The van der Waals surface area contributed by atoms with Gasteiger partial charge < -0.3 is 15.2 Å². The molecule has 1 saturated carbocycles. The Balaban J connectivity index is 1.74. The first-order chi connectivity index (χ1) is 9.86. The molecule has 1 saturated heterocycles. The van der Waals surface area contributed by atoms with Gasteiger partial charge in [0.05, 0.1) is 19.3 Å². The molecule has 2 rings (SSSR count). The predicted octanol–water partition coefficient (Wildman–Crippen LogP) is 3.65. The van der Waals surface area contributed by atoms with Crippen LogP contribution in [0.3, 0.4) is 0 Å². The summed E-state index contributed by atoms with van der Waals surface area (Å²) in [4.78, 5) is 0. The van der Waals surface area contributed by atoms with Crippen LogP contribution in [0.25, 0.3) is 0 Å². The zero-order valence-electron chi connectivity index (χ0n) is 13.0. The molecule has 0 bridgehead atoms. The van der Waals surface area contributed by atoms with Crippen LogP contribution in [0.5, 0.6) is 0 Å². The van der Waals surface area contributed by atoms with E-state index in [4.69, 9.17) is 15.2 Å². The number of nitrogens with two attached hydrogens (primary N) is 1. The molecule has 3 unspecified atom stereocenters. The van der Waals surface area contributed by atoms with E-state index < -0.39 is 0 Å². The van der Waals surface area contributed by atoms with Gasteiger partial charge in [0.15, 0.2) is 0 Å². The summed E-state index contributed by atoms with van der Waals surface area (Å²) < 4.78 is 11.6. The standard InChI is InChI=1S/C17H33NO2/c18-16-9-7-5-3-1-2-4-6-8-10-17(16)20-14-15-11-12-19-13-15/h15-17H,1-14,18H2. The van der Waals surface area contributed by atoms with E-state index in [0.29, 0.717) is 5.92 Å². The van der Waals surface area contributed by atoms with E-state index in [2.05, 4.69) is 0 Å². The molecule has 118 valence electrons. The van der Waals surface area contributed by atoms with Crippen molar-refractivity contribution in [1.82, 2.24) is 0 Å². The van der Waals surface area contributed by atoms with Crippen LogP contribution in [0.15, 0.2) is 0 Å². The second-order valence-electron chi connectivity index (χ2n) is 6.67. The minimum absolute atomic E-state index is 0.233.